The first kappa shape index (κ1) is 13.8. The predicted octanol–water partition coefficient (Wildman–Crippen LogP) is 5.46. The Hall–Kier alpha value is -2.19. The molecule has 0 aromatic heterocycles. The molecule has 0 saturated carbocycles. The highest BCUT2D eigenvalue weighted by molar-refractivity contribution is 7.80. The first-order valence-corrected chi connectivity index (χ1v) is 7.33. The molecule has 0 spiro atoms. The smallest absolute Gasteiger partial charge is 0.0466 e. The molecule has 0 atom stereocenters. The van der Waals surface area contributed by atoms with Gasteiger partial charge >= 0.3 is 0 Å². The van der Waals surface area contributed by atoms with E-state index in [0.29, 0.717) is 0 Å². The Bertz CT molecular complexity index is 769. The fraction of sp³-hybridized carbons (Fsp3) is 0.0526. The Morgan fingerprint density at radius 2 is 1.81 bits per heavy atom. The molecule has 1 N–H and O–H groups in total. The molecule has 104 valence electrons. The van der Waals surface area contributed by atoms with Gasteiger partial charge in [0.25, 0.3) is 0 Å². The summed E-state index contributed by atoms with van der Waals surface area (Å²) in [6.45, 7) is 6.24. The van der Waals surface area contributed by atoms with Crippen molar-refractivity contribution in [2.24, 2.45) is 0 Å². The van der Waals surface area contributed by atoms with Gasteiger partial charge in [0.15, 0.2) is 0 Å². The van der Waals surface area contributed by atoms with E-state index in [1.54, 1.807) is 0 Å². The highest BCUT2D eigenvalue weighted by Gasteiger charge is 2.12. The Morgan fingerprint density at radius 1 is 1.00 bits per heavy atom. The number of hydrogen-bond acceptors (Lipinski definition) is 2. The van der Waals surface area contributed by atoms with Gasteiger partial charge in [-0.15, -0.1) is 12.6 Å². The summed E-state index contributed by atoms with van der Waals surface area (Å²) in [4.78, 5) is 0.962. The van der Waals surface area contributed by atoms with Crippen molar-refractivity contribution in [1.82, 2.24) is 0 Å². The maximum Gasteiger partial charge on any atom is 0.0466 e. The molecule has 1 aliphatic rings. The molecule has 0 amide bonds. The molecular formula is C19H17NS. The van der Waals surface area contributed by atoms with Crippen LogP contribution in [-0.2, 0) is 0 Å². The number of benzene rings is 2. The molecule has 2 aromatic rings. The first-order chi connectivity index (χ1) is 10.2. The lowest BCUT2D eigenvalue weighted by Crippen LogP contribution is -1.97. The highest BCUT2D eigenvalue weighted by atomic mass is 32.1. The molecule has 0 fully saturated rings. The van der Waals surface area contributed by atoms with Crippen molar-refractivity contribution in [3.8, 4) is 11.1 Å². The summed E-state index contributed by atoms with van der Waals surface area (Å²) in [6, 6.07) is 12.6. The van der Waals surface area contributed by atoms with Gasteiger partial charge in [-0.25, -0.2) is 0 Å². The number of rotatable bonds is 1. The van der Waals surface area contributed by atoms with Gasteiger partial charge in [0.2, 0.25) is 0 Å². The first-order valence-electron chi connectivity index (χ1n) is 6.89. The lowest BCUT2D eigenvalue weighted by molar-refractivity contribution is 1.38. The number of allylic oxidation sites excluding steroid dienone is 4. The largest absolute Gasteiger partial charge is 0.361 e. The average molecular weight is 291 g/mol. The Labute approximate surface area is 131 Å². The van der Waals surface area contributed by atoms with Gasteiger partial charge in [0.1, 0.15) is 0 Å². The zero-order valence-electron chi connectivity index (χ0n) is 11.9. The van der Waals surface area contributed by atoms with E-state index in [-0.39, 0.29) is 0 Å². The van der Waals surface area contributed by atoms with Crippen molar-refractivity contribution in [2.75, 3.05) is 5.32 Å². The van der Waals surface area contributed by atoms with Gasteiger partial charge in [-0.05, 0) is 47.4 Å². The molecule has 0 aliphatic carbocycles. The van der Waals surface area contributed by atoms with Crippen molar-refractivity contribution in [3.05, 3.63) is 78.5 Å². The summed E-state index contributed by atoms with van der Waals surface area (Å²) in [7, 11) is 0. The van der Waals surface area contributed by atoms with E-state index in [1.165, 1.54) is 11.1 Å². The molecule has 1 heterocycles. The fourth-order valence-corrected chi connectivity index (χ4v) is 2.83. The molecule has 21 heavy (non-hydrogen) atoms. The Balaban J connectivity index is 2.20. The molecule has 3 rings (SSSR count). The topological polar surface area (TPSA) is 12.0 Å². The number of hydrogen-bond donors (Lipinski definition) is 2. The zero-order valence-corrected chi connectivity index (χ0v) is 12.8. The third-order valence-electron chi connectivity index (χ3n) is 3.66. The molecule has 0 bridgehead atoms. The molecule has 0 unspecified atom stereocenters. The van der Waals surface area contributed by atoms with Crippen molar-refractivity contribution in [2.45, 2.75) is 11.8 Å². The normalized spacial score (nSPS) is 16.4. The molecule has 0 radical (unpaired) electrons. The zero-order chi connectivity index (χ0) is 14.8. The third kappa shape index (κ3) is 2.67. The minimum absolute atomic E-state index is 0.962. The number of thiol groups is 1. The average Bonchev–Trinajstić information content (AvgIpc) is 2.47. The van der Waals surface area contributed by atoms with Gasteiger partial charge in [0, 0.05) is 22.3 Å². The Kier molecular flexibility index (Phi) is 3.72. The van der Waals surface area contributed by atoms with Crippen LogP contribution in [0, 0.1) is 6.92 Å². The summed E-state index contributed by atoms with van der Waals surface area (Å²) in [5.41, 5.74) is 6.70. The van der Waals surface area contributed by atoms with Crippen molar-refractivity contribution in [1.29, 1.82) is 0 Å². The van der Waals surface area contributed by atoms with Crippen molar-refractivity contribution >= 4 is 23.9 Å². The minimum atomic E-state index is 0.962. The number of nitrogens with one attached hydrogen (secondary N) is 1. The fourth-order valence-electron chi connectivity index (χ4n) is 2.52. The SMILES string of the molecule is C=C1/C=C\C=C/Nc2cc(-c3ccccc3C)c(S)cc21. The van der Waals surface area contributed by atoms with E-state index < -0.39 is 0 Å². The minimum Gasteiger partial charge on any atom is -0.361 e. The highest BCUT2D eigenvalue weighted by Crippen LogP contribution is 2.36. The summed E-state index contributed by atoms with van der Waals surface area (Å²) in [6.07, 6.45) is 7.89. The van der Waals surface area contributed by atoms with Crippen molar-refractivity contribution < 1.29 is 0 Å². The maximum atomic E-state index is 4.68. The van der Waals surface area contributed by atoms with Crippen LogP contribution in [0.3, 0.4) is 0 Å². The van der Waals surface area contributed by atoms with Gasteiger partial charge in [-0.1, -0.05) is 43.0 Å². The summed E-state index contributed by atoms with van der Waals surface area (Å²) in [5.74, 6) is 0. The van der Waals surface area contributed by atoms with E-state index in [2.05, 4.69) is 67.8 Å². The number of aryl methyl sites for hydroxylation is 1. The van der Waals surface area contributed by atoms with Gasteiger partial charge < -0.3 is 5.32 Å². The second-order valence-electron chi connectivity index (χ2n) is 5.12. The van der Waals surface area contributed by atoms with Crippen LogP contribution in [-0.4, -0.2) is 0 Å². The molecule has 2 heteroatoms. The van der Waals surface area contributed by atoms with Gasteiger partial charge in [-0.3, -0.25) is 0 Å². The quantitative estimate of drug-likeness (QED) is 0.665. The van der Waals surface area contributed by atoms with E-state index in [9.17, 15) is 0 Å². The van der Waals surface area contributed by atoms with Crippen LogP contribution in [0.5, 0.6) is 0 Å². The molecule has 2 aromatic carbocycles. The number of anilines is 1. The van der Waals surface area contributed by atoms with Crippen LogP contribution in [0.1, 0.15) is 11.1 Å². The van der Waals surface area contributed by atoms with E-state index in [4.69, 9.17) is 0 Å². The van der Waals surface area contributed by atoms with Gasteiger partial charge in [0.05, 0.1) is 0 Å². The molecular weight excluding hydrogens is 274 g/mol. The predicted molar refractivity (Wildman–Crippen MR) is 94.8 cm³/mol. The summed E-state index contributed by atoms with van der Waals surface area (Å²) in [5, 5.41) is 3.33. The summed E-state index contributed by atoms with van der Waals surface area (Å²) >= 11 is 4.68. The van der Waals surface area contributed by atoms with E-state index >= 15 is 0 Å². The van der Waals surface area contributed by atoms with Crippen LogP contribution in [0.25, 0.3) is 16.7 Å². The molecule has 1 nitrogen and oxygen atoms in total. The number of fused-ring (bicyclic) bond motifs is 1. The van der Waals surface area contributed by atoms with Crippen LogP contribution >= 0.6 is 12.6 Å². The lowest BCUT2D eigenvalue weighted by atomic mass is 9.95. The third-order valence-corrected chi connectivity index (χ3v) is 4.03. The molecule has 1 aliphatic heterocycles. The second kappa shape index (κ2) is 5.66. The lowest BCUT2D eigenvalue weighted by Gasteiger charge is -2.16. The van der Waals surface area contributed by atoms with Crippen molar-refractivity contribution in [3.63, 3.8) is 0 Å². The molecule has 0 saturated heterocycles. The monoisotopic (exact) mass is 291 g/mol. The second-order valence-corrected chi connectivity index (χ2v) is 5.60. The van der Waals surface area contributed by atoms with E-state index in [1.807, 2.05) is 24.4 Å². The van der Waals surface area contributed by atoms with Crippen LogP contribution < -0.4 is 5.32 Å². The van der Waals surface area contributed by atoms with Crippen LogP contribution in [0.4, 0.5) is 5.69 Å². The van der Waals surface area contributed by atoms with Gasteiger partial charge in [-0.2, -0.15) is 0 Å². The van der Waals surface area contributed by atoms with Crippen LogP contribution in [0.15, 0.2) is 72.3 Å². The van der Waals surface area contributed by atoms with Crippen LogP contribution in [0.2, 0.25) is 0 Å². The Morgan fingerprint density at radius 3 is 2.62 bits per heavy atom. The maximum absolute atomic E-state index is 4.68. The summed E-state index contributed by atoms with van der Waals surface area (Å²) < 4.78 is 0. The van der Waals surface area contributed by atoms with E-state index in [0.717, 1.165) is 27.3 Å². The standard InChI is InChI=1S/C19H17NS/c1-13-7-3-4-9-15(13)17-11-18-16(12-19(17)21)14(2)8-5-6-10-20-18/h3-12,20-21H,2H2,1H3/b8-5-,10-6-.